The third-order valence-electron chi connectivity index (χ3n) is 2.37. The van der Waals surface area contributed by atoms with Crippen LogP contribution in [0.1, 0.15) is 15.9 Å². The van der Waals surface area contributed by atoms with Crippen molar-refractivity contribution in [2.75, 3.05) is 0 Å². The van der Waals surface area contributed by atoms with E-state index in [2.05, 4.69) is 33.1 Å². The summed E-state index contributed by atoms with van der Waals surface area (Å²) in [7, 11) is 0. The van der Waals surface area contributed by atoms with Crippen LogP contribution in [0.15, 0.2) is 53.6 Å². The van der Waals surface area contributed by atoms with Crippen molar-refractivity contribution in [1.82, 2.24) is 5.43 Å². The lowest BCUT2D eigenvalue weighted by atomic mass is 10.2. The van der Waals surface area contributed by atoms with Crippen LogP contribution in [0.25, 0.3) is 0 Å². The molecule has 2 aromatic rings. The highest BCUT2D eigenvalue weighted by molar-refractivity contribution is 14.1. The average molecular weight is 385 g/mol. The Labute approximate surface area is 129 Å². The molecule has 96 valence electrons. The molecule has 0 radical (unpaired) electrons. The van der Waals surface area contributed by atoms with Crippen LogP contribution in [-0.2, 0) is 0 Å². The number of benzene rings is 2. The third kappa shape index (κ3) is 4.04. The molecule has 1 amide bonds. The van der Waals surface area contributed by atoms with Gasteiger partial charge in [-0.15, -0.1) is 0 Å². The molecule has 0 atom stereocenters. The summed E-state index contributed by atoms with van der Waals surface area (Å²) in [6, 6.07) is 14.6. The molecule has 2 aromatic carbocycles. The van der Waals surface area contributed by atoms with E-state index < -0.39 is 0 Å². The molecule has 0 saturated carbocycles. The van der Waals surface area contributed by atoms with Crippen LogP contribution in [0, 0.1) is 3.57 Å². The molecule has 0 aliphatic heterocycles. The van der Waals surface area contributed by atoms with E-state index in [1.807, 2.05) is 24.3 Å². The molecular formula is C14H10ClIN2O. The van der Waals surface area contributed by atoms with Gasteiger partial charge in [-0.25, -0.2) is 5.43 Å². The first-order chi connectivity index (χ1) is 9.16. The summed E-state index contributed by atoms with van der Waals surface area (Å²) >= 11 is 8.15. The first-order valence-electron chi connectivity index (χ1n) is 5.50. The van der Waals surface area contributed by atoms with E-state index in [0.717, 1.165) is 9.13 Å². The zero-order chi connectivity index (χ0) is 13.7. The number of amides is 1. The molecule has 0 aromatic heterocycles. The van der Waals surface area contributed by atoms with Crippen molar-refractivity contribution in [3.05, 3.63) is 68.3 Å². The summed E-state index contributed by atoms with van der Waals surface area (Å²) in [5.41, 5.74) is 3.77. The van der Waals surface area contributed by atoms with Gasteiger partial charge in [-0.3, -0.25) is 4.79 Å². The van der Waals surface area contributed by atoms with Gasteiger partial charge in [-0.05, 0) is 52.4 Å². The molecule has 0 fully saturated rings. The molecule has 0 spiro atoms. The number of halogens is 2. The molecular weight excluding hydrogens is 375 g/mol. The van der Waals surface area contributed by atoms with Gasteiger partial charge in [-0.2, -0.15) is 5.10 Å². The van der Waals surface area contributed by atoms with E-state index in [-0.39, 0.29) is 5.91 Å². The van der Waals surface area contributed by atoms with Crippen molar-refractivity contribution in [2.24, 2.45) is 5.10 Å². The predicted octanol–water partition coefficient (Wildman–Crippen LogP) is 3.71. The van der Waals surface area contributed by atoms with E-state index in [9.17, 15) is 4.79 Å². The van der Waals surface area contributed by atoms with Gasteiger partial charge >= 0.3 is 0 Å². The van der Waals surface area contributed by atoms with E-state index in [4.69, 9.17) is 11.6 Å². The second-order valence-electron chi connectivity index (χ2n) is 3.73. The first kappa shape index (κ1) is 14.0. The molecule has 2 rings (SSSR count). The number of carbonyl (C=O) groups excluding carboxylic acids is 1. The Morgan fingerprint density at radius 1 is 1.16 bits per heavy atom. The zero-order valence-corrected chi connectivity index (χ0v) is 12.7. The quantitative estimate of drug-likeness (QED) is 0.489. The van der Waals surface area contributed by atoms with Crippen molar-refractivity contribution in [2.45, 2.75) is 0 Å². The maximum absolute atomic E-state index is 11.8. The number of carbonyl (C=O) groups is 1. The lowest BCUT2D eigenvalue weighted by molar-refractivity contribution is 0.0955. The van der Waals surface area contributed by atoms with Gasteiger partial charge in [0.05, 0.1) is 16.8 Å². The molecule has 5 heteroatoms. The lowest BCUT2D eigenvalue weighted by Gasteiger charge is -2.01. The number of hydrazone groups is 1. The second kappa shape index (κ2) is 6.68. The van der Waals surface area contributed by atoms with Crippen molar-refractivity contribution >= 4 is 46.3 Å². The lowest BCUT2D eigenvalue weighted by Crippen LogP contribution is -2.17. The molecule has 19 heavy (non-hydrogen) atoms. The Bertz CT molecular complexity index is 611. The predicted molar refractivity (Wildman–Crippen MR) is 85.7 cm³/mol. The number of nitrogens with one attached hydrogen (secondary N) is 1. The van der Waals surface area contributed by atoms with Crippen LogP contribution in [0.2, 0.25) is 5.02 Å². The van der Waals surface area contributed by atoms with Crippen LogP contribution < -0.4 is 5.43 Å². The van der Waals surface area contributed by atoms with Crippen LogP contribution in [-0.4, -0.2) is 12.1 Å². The fraction of sp³-hybridized carbons (Fsp3) is 0. The van der Waals surface area contributed by atoms with Crippen molar-refractivity contribution < 1.29 is 4.79 Å². The highest BCUT2D eigenvalue weighted by Crippen LogP contribution is 2.14. The largest absolute Gasteiger partial charge is 0.272 e. The Balaban J connectivity index is 2.01. The smallest absolute Gasteiger partial charge is 0.267 e. The Kier molecular flexibility index (Phi) is 4.93. The maximum Gasteiger partial charge on any atom is 0.272 e. The highest BCUT2D eigenvalue weighted by Gasteiger charge is 2.07. The van der Waals surface area contributed by atoms with Gasteiger partial charge in [0.1, 0.15) is 0 Å². The van der Waals surface area contributed by atoms with Gasteiger partial charge in [0, 0.05) is 3.57 Å². The van der Waals surface area contributed by atoms with Crippen LogP contribution in [0.4, 0.5) is 0 Å². The number of nitrogens with zero attached hydrogens (tertiary/aromatic N) is 1. The van der Waals surface area contributed by atoms with E-state index in [0.29, 0.717) is 10.6 Å². The Morgan fingerprint density at radius 3 is 2.53 bits per heavy atom. The molecule has 3 nitrogen and oxygen atoms in total. The van der Waals surface area contributed by atoms with Crippen LogP contribution >= 0.6 is 34.2 Å². The molecule has 0 aliphatic carbocycles. The summed E-state index contributed by atoms with van der Waals surface area (Å²) in [6.45, 7) is 0. The minimum atomic E-state index is -0.327. The summed E-state index contributed by atoms with van der Waals surface area (Å²) < 4.78 is 1.15. The first-order valence-corrected chi connectivity index (χ1v) is 6.96. The fourth-order valence-electron chi connectivity index (χ4n) is 1.42. The summed E-state index contributed by atoms with van der Waals surface area (Å²) in [5, 5.41) is 4.31. The SMILES string of the molecule is O=C(N/N=C\c1ccc(I)cc1)c1ccccc1Cl. The third-order valence-corrected chi connectivity index (χ3v) is 3.42. The molecule has 0 aliphatic rings. The summed E-state index contributed by atoms with van der Waals surface area (Å²) in [4.78, 5) is 11.8. The van der Waals surface area contributed by atoms with Crippen molar-refractivity contribution in [3.8, 4) is 0 Å². The Hall–Kier alpha value is -1.40. The average Bonchev–Trinajstić information content (AvgIpc) is 2.41. The van der Waals surface area contributed by atoms with Crippen molar-refractivity contribution in [3.63, 3.8) is 0 Å². The monoisotopic (exact) mass is 384 g/mol. The van der Waals surface area contributed by atoms with E-state index in [1.165, 1.54) is 0 Å². The van der Waals surface area contributed by atoms with Crippen LogP contribution in [0.5, 0.6) is 0 Å². The van der Waals surface area contributed by atoms with E-state index >= 15 is 0 Å². The van der Waals surface area contributed by atoms with Gasteiger partial charge < -0.3 is 0 Å². The fourth-order valence-corrected chi connectivity index (χ4v) is 2.00. The van der Waals surface area contributed by atoms with Crippen LogP contribution in [0.3, 0.4) is 0 Å². The standard InChI is InChI=1S/C14H10ClIN2O/c15-13-4-2-1-3-12(13)14(19)18-17-9-10-5-7-11(16)8-6-10/h1-9H,(H,18,19)/b17-9-. The highest BCUT2D eigenvalue weighted by atomic mass is 127. The number of rotatable bonds is 3. The maximum atomic E-state index is 11.8. The van der Waals surface area contributed by atoms with Gasteiger partial charge in [0.2, 0.25) is 0 Å². The second-order valence-corrected chi connectivity index (χ2v) is 5.38. The minimum Gasteiger partial charge on any atom is -0.267 e. The topological polar surface area (TPSA) is 41.5 Å². The van der Waals surface area contributed by atoms with Gasteiger partial charge in [-0.1, -0.05) is 35.9 Å². The summed E-state index contributed by atoms with van der Waals surface area (Å²) in [5.74, 6) is -0.327. The minimum absolute atomic E-state index is 0.327. The number of hydrogen-bond acceptors (Lipinski definition) is 2. The number of hydrogen-bond donors (Lipinski definition) is 1. The Morgan fingerprint density at radius 2 is 1.84 bits per heavy atom. The molecule has 0 saturated heterocycles. The van der Waals surface area contributed by atoms with Crippen molar-refractivity contribution in [1.29, 1.82) is 0 Å². The van der Waals surface area contributed by atoms with Gasteiger partial charge in [0.15, 0.2) is 0 Å². The zero-order valence-electron chi connectivity index (χ0n) is 9.81. The molecule has 0 unspecified atom stereocenters. The van der Waals surface area contributed by atoms with E-state index in [1.54, 1.807) is 30.5 Å². The van der Waals surface area contributed by atoms with Gasteiger partial charge in [0.25, 0.3) is 5.91 Å². The molecule has 0 heterocycles. The molecule has 1 N–H and O–H groups in total. The molecule has 0 bridgehead atoms. The normalized spacial score (nSPS) is 10.6. The summed E-state index contributed by atoms with van der Waals surface area (Å²) in [6.07, 6.45) is 1.59.